The third-order valence-corrected chi connectivity index (χ3v) is 14.7. The Morgan fingerprint density at radius 1 is 0.366 bits per heavy atom. The summed E-state index contributed by atoms with van der Waals surface area (Å²) in [5, 5.41) is 0. The van der Waals surface area contributed by atoms with Crippen molar-refractivity contribution >= 4 is 0 Å². The average molecular weight is 1090 g/mol. The van der Waals surface area contributed by atoms with Gasteiger partial charge in [0.15, 0.2) is 0 Å². The maximum atomic E-state index is 5.13. The first kappa shape index (κ1) is 44.3. The number of hydrogen-bond donors (Lipinski definition) is 0. The predicted octanol–water partition coefficient (Wildman–Crippen LogP) is 16.4. The SMILES string of the molecule is Cc1cc(-c2[c-]cccc2)ncc1-c1ccccc1-c1cc(-c2ccccc2-c2ccc(-c3[c-]cc4c(c3)C3C=CC5C(C=C3)C45)nc2)cc(-c2ccccc2-c2cnc(-c3[c-]cccc3)cc2C)c1.[Ir+3]. The Hall–Kier alpha value is -7.88. The summed E-state index contributed by atoms with van der Waals surface area (Å²) in [7, 11) is 0. The second-order valence-corrected chi connectivity index (χ2v) is 18.9. The second kappa shape index (κ2) is 18.5. The van der Waals surface area contributed by atoms with E-state index >= 15 is 0 Å². The molecular weight excluding hydrogens is 1040 g/mol. The zero-order chi connectivity index (χ0) is 46.7. The van der Waals surface area contributed by atoms with Gasteiger partial charge in [-0.25, -0.2) is 0 Å². The number of rotatable bonds is 9. The van der Waals surface area contributed by atoms with Crippen molar-refractivity contribution in [2.75, 3.05) is 0 Å². The summed E-state index contributed by atoms with van der Waals surface area (Å²) >= 11 is 0. The van der Waals surface area contributed by atoms with Gasteiger partial charge in [-0.05, 0) is 134 Å². The van der Waals surface area contributed by atoms with E-state index in [0.29, 0.717) is 23.7 Å². The molecule has 3 aromatic heterocycles. The minimum Gasteiger partial charge on any atom is -0.304 e. The van der Waals surface area contributed by atoms with Crippen LogP contribution in [0.5, 0.6) is 0 Å². The largest absolute Gasteiger partial charge is 3.00 e. The van der Waals surface area contributed by atoms with Crippen LogP contribution in [0.25, 0.3) is 101 Å². The molecule has 2 unspecified atom stereocenters. The summed E-state index contributed by atoms with van der Waals surface area (Å²) in [6.45, 7) is 4.35. The molecule has 4 bridgehead atoms. The number of pyridine rings is 3. The van der Waals surface area contributed by atoms with Gasteiger partial charge in [-0.1, -0.05) is 121 Å². The van der Waals surface area contributed by atoms with Crippen LogP contribution in [-0.4, -0.2) is 15.0 Å². The average Bonchev–Trinajstić information content (AvgIpc) is 4.21. The van der Waals surface area contributed by atoms with Crippen LogP contribution in [0.3, 0.4) is 0 Å². The number of aryl methyl sites for hydroxylation is 2. The summed E-state index contributed by atoms with van der Waals surface area (Å²) in [4.78, 5) is 15.1. The van der Waals surface area contributed by atoms with Crippen molar-refractivity contribution in [3.8, 4) is 101 Å². The molecule has 338 valence electrons. The Kier molecular flexibility index (Phi) is 11.5. The van der Waals surface area contributed by atoms with Gasteiger partial charge in [0.05, 0.1) is 0 Å². The van der Waals surface area contributed by atoms with E-state index in [9.17, 15) is 0 Å². The third kappa shape index (κ3) is 8.14. The van der Waals surface area contributed by atoms with E-state index in [1.807, 2.05) is 55.0 Å². The molecule has 0 N–H and O–H groups in total. The van der Waals surface area contributed by atoms with Crippen LogP contribution in [0.1, 0.15) is 34.1 Å². The first-order valence-corrected chi connectivity index (χ1v) is 24.2. The van der Waals surface area contributed by atoms with Crippen molar-refractivity contribution in [1.82, 2.24) is 15.0 Å². The fourth-order valence-corrected chi connectivity index (χ4v) is 11.1. The quantitative estimate of drug-likeness (QED) is 0.107. The van der Waals surface area contributed by atoms with Crippen molar-refractivity contribution in [3.05, 3.63) is 259 Å². The molecule has 4 aliphatic carbocycles. The summed E-state index contributed by atoms with van der Waals surface area (Å²) < 4.78 is 0. The third-order valence-electron chi connectivity index (χ3n) is 14.7. The Morgan fingerprint density at radius 2 is 0.831 bits per heavy atom. The number of benzene rings is 7. The van der Waals surface area contributed by atoms with E-state index in [1.54, 1.807) is 0 Å². The van der Waals surface area contributed by atoms with Crippen LogP contribution < -0.4 is 0 Å². The monoisotopic (exact) mass is 1090 g/mol. The molecule has 0 amide bonds. The molecule has 1 fully saturated rings. The van der Waals surface area contributed by atoms with Gasteiger partial charge in [0.1, 0.15) is 0 Å². The minimum absolute atomic E-state index is 0. The molecule has 3 heterocycles. The van der Waals surface area contributed by atoms with Crippen molar-refractivity contribution in [2.45, 2.75) is 25.7 Å². The molecule has 71 heavy (non-hydrogen) atoms. The summed E-state index contributed by atoms with van der Waals surface area (Å²) in [6, 6.07) is 72.9. The van der Waals surface area contributed by atoms with Gasteiger partial charge < -0.3 is 15.0 Å². The van der Waals surface area contributed by atoms with E-state index in [4.69, 9.17) is 15.0 Å². The smallest absolute Gasteiger partial charge is 0.304 e. The molecule has 2 atom stereocenters. The van der Waals surface area contributed by atoms with Crippen LogP contribution in [0.4, 0.5) is 0 Å². The minimum atomic E-state index is 0. The van der Waals surface area contributed by atoms with Crippen LogP contribution in [0.2, 0.25) is 0 Å². The predicted molar refractivity (Wildman–Crippen MR) is 285 cm³/mol. The maximum Gasteiger partial charge on any atom is 3.00 e. The zero-order valence-corrected chi connectivity index (χ0v) is 41.7. The molecule has 7 aromatic carbocycles. The van der Waals surface area contributed by atoms with Crippen LogP contribution in [0.15, 0.2) is 219 Å². The molecule has 1 saturated carbocycles. The van der Waals surface area contributed by atoms with E-state index in [2.05, 4.69) is 196 Å². The summed E-state index contributed by atoms with van der Waals surface area (Å²) in [6.07, 6.45) is 15.7. The number of aromatic nitrogens is 3. The standard InChI is InChI=1S/C67H46N3.Ir/c1-42-33-65(45-15-5-3-6-16-45)69-40-62(42)56-23-13-11-21-54(56)50-35-49(36-51(37-50)55-22-12-14-24-57(55)63-41-70-66(34-43(63)2)46-17-7-4-8-18-46)53-20-10-9-19-52(53)48-28-32-64(68-39-48)47-27-31-60-61(38-47)44-25-29-58-59(30-26-44)67(58)60;/h3-15,17,19-26,28-41,44,58-59,67H,1-2H3;/q-3;+3. The molecule has 10 aromatic rings. The topological polar surface area (TPSA) is 38.7 Å². The number of allylic oxidation sites excluding steroid dienone is 4. The molecule has 4 aliphatic rings. The van der Waals surface area contributed by atoms with E-state index in [-0.39, 0.29) is 20.1 Å². The number of hydrogen-bond acceptors (Lipinski definition) is 3. The normalized spacial score (nSPS) is 16.9. The van der Waals surface area contributed by atoms with Crippen molar-refractivity contribution in [3.63, 3.8) is 0 Å². The van der Waals surface area contributed by atoms with Gasteiger partial charge in [0.25, 0.3) is 0 Å². The van der Waals surface area contributed by atoms with E-state index in [1.165, 1.54) is 11.1 Å². The van der Waals surface area contributed by atoms with Crippen LogP contribution in [0, 0.1) is 43.9 Å². The molecule has 0 aliphatic heterocycles. The summed E-state index contributed by atoms with van der Waals surface area (Å²) in [5.41, 5.74) is 24.2. The van der Waals surface area contributed by atoms with Crippen molar-refractivity contribution in [1.29, 1.82) is 0 Å². The van der Waals surface area contributed by atoms with Crippen LogP contribution >= 0.6 is 0 Å². The van der Waals surface area contributed by atoms with Gasteiger partial charge in [-0.15, -0.1) is 107 Å². The zero-order valence-electron chi connectivity index (χ0n) is 39.3. The first-order chi connectivity index (χ1) is 34.5. The fraction of sp³-hybridized carbons (Fsp3) is 0.0896. The molecule has 0 spiro atoms. The van der Waals surface area contributed by atoms with Crippen molar-refractivity contribution in [2.24, 2.45) is 11.8 Å². The Balaban J connectivity index is 0.00000517. The van der Waals surface area contributed by atoms with Gasteiger partial charge >= 0.3 is 20.1 Å². The Bertz CT molecular complexity index is 3530. The van der Waals surface area contributed by atoms with Gasteiger partial charge in [-0.3, -0.25) is 0 Å². The second-order valence-electron chi connectivity index (χ2n) is 18.9. The van der Waals surface area contributed by atoms with Crippen LogP contribution in [-0.2, 0) is 20.1 Å². The molecule has 14 rings (SSSR count). The molecular formula is C67H46IrN3. The van der Waals surface area contributed by atoms with Gasteiger partial charge in [0, 0.05) is 35.6 Å². The maximum absolute atomic E-state index is 5.13. The molecule has 0 radical (unpaired) electrons. The molecule has 4 heteroatoms. The van der Waals surface area contributed by atoms with Gasteiger partial charge in [-0.2, -0.15) is 0 Å². The van der Waals surface area contributed by atoms with Crippen molar-refractivity contribution < 1.29 is 20.1 Å². The number of nitrogens with zero attached hydrogens (tertiary/aromatic N) is 3. The van der Waals surface area contributed by atoms with E-state index in [0.717, 1.165) is 112 Å². The summed E-state index contributed by atoms with van der Waals surface area (Å²) in [5.74, 6) is 2.17. The fourth-order valence-electron chi connectivity index (χ4n) is 11.1. The first-order valence-electron chi connectivity index (χ1n) is 24.2. The van der Waals surface area contributed by atoms with E-state index < -0.39 is 0 Å². The molecule has 0 saturated heterocycles. The Labute approximate surface area is 429 Å². The Morgan fingerprint density at radius 3 is 1.30 bits per heavy atom. The van der Waals surface area contributed by atoms with Gasteiger partial charge in [0.2, 0.25) is 0 Å². The molecule has 3 nitrogen and oxygen atoms in total.